The summed E-state index contributed by atoms with van der Waals surface area (Å²) in [7, 11) is 3.18. The van der Waals surface area contributed by atoms with Crippen molar-refractivity contribution in [2.75, 3.05) is 27.3 Å². The van der Waals surface area contributed by atoms with E-state index in [0.717, 1.165) is 70.1 Å². The molecule has 0 radical (unpaired) electrons. The van der Waals surface area contributed by atoms with Gasteiger partial charge in [0.15, 0.2) is 17.3 Å². The summed E-state index contributed by atoms with van der Waals surface area (Å²) in [5.74, 6) is -0.757. The highest BCUT2D eigenvalue weighted by atomic mass is 17.5. The van der Waals surface area contributed by atoms with E-state index in [1.54, 1.807) is 20.3 Å². The molecule has 0 saturated carbocycles. The van der Waals surface area contributed by atoms with E-state index in [1.807, 2.05) is 12.1 Å². The predicted molar refractivity (Wildman–Crippen MR) is 280 cm³/mol. The number of rotatable bonds is 41. The van der Waals surface area contributed by atoms with Crippen molar-refractivity contribution >= 4 is 17.7 Å². The molecule has 0 spiro atoms. The van der Waals surface area contributed by atoms with Gasteiger partial charge < -0.3 is 9.47 Å². The number of methoxy groups -OCH3 is 2. The molecule has 0 aromatic heterocycles. The Balaban J connectivity index is 1.32. The number of fused-ring (bicyclic) bond motifs is 1. The van der Waals surface area contributed by atoms with E-state index in [9.17, 15) is 9.59 Å². The molecule has 2 aliphatic rings. The number of Topliss-reactive ketones (excluding diaryl/α,β-unsaturated/α-hetero) is 1. The normalized spacial score (nSPS) is 16.7. The van der Waals surface area contributed by atoms with Crippen LogP contribution in [0, 0.1) is 17.3 Å². The van der Waals surface area contributed by atoms with Gasteiger partial charge in [0.1, 0.15) is 0 Å². The van der Waals surface area contributed by atoms with E-state index in [2.05, 4.69) is 43.0 Å². The lowest BCUT2D eigenvalue weighted by Gasteiger charge is -2.40. The van der Waals surface area contributed by atoms with Crippen LogP contribution in [-0.4, -0.2) is 49.9 Å². The Morgan fingerprint density at radius 1 is 0.609 bits per heavy atom. The van der Waals surface area contributed by atoms with E-state index >= 15 is 4.79 Å². The van der Waals surface area contributed by atoms with Crippen LogP contribution < -0.4 is 9.47 Å². The number of carbonyl (C=O) groups is 3. The summed E-state index contributed by atoms with van der Waals surface area (Å²) >= 11 is 0. The minimum absolute atomic E-state index is 0.0531. The van der Waals surface area contributed by atoms with Gasteiger partial charge in [-0.1, -0.05) is 224 Å². The van der Waals surface area contributed by atoms with Crippen molar-refractivity contribution in [3.05, 3.63) is 59.2 Å². The van der Waals surface area contributed by atoms with Crippen LogP contribution in [0.3, 0.4) is 0 Å². The fourth-order valence-electron chi connectivity index (χ4n) is 11.3. The average molecular weight is 960 g/mol. The molecule has 9 nitrogen and oxygen atoms in total. The van der Waals surface area contributed by atoms with Crippen LogP contribution >= 0.6 is 0 Å². The molecule has 69 heavy (non-hydrogen) atoms. The molecule has 1 fully saturated rings. The summed E-state index contributed by atoms with van der Waals surface area (Å²) < 4.78 is 11.4. The molecule has 2 aromatic rings. The molecule has 4 rings (SSSR count). The van der Waals surface area contributed by atoms with Gasteiger partial charge in [-0.05, 0) is 80.8 Å². The van der Waals surface area contributed by atoms with Crippen molar-refractivity contribution in [1.82, 2.24) is 4.90 Å². The Hall–Kier alpha value is -3.43. The van der Waals surface area contributed by atoms with Gasteiger partial charge in [0.2, 0.25) is 0 Å². The maximum absolute atomic E-state index is 15.1. The van der Waals surface area contributed by atoms with Crippen LogP contribution in [0.25, 0.3) is 0 Å². The van der Waals surface area contributed by atoms with Crippen molar-refractivity contribution in [2.24, 2.45) is 17.3 Å². The van der Waals surface area contributed by atoms with Gasteiger partial charge in [-0.2, -0.15) is 0 Å². The zero-order valence-corrected chi connectivity index (χ0v) is 44.3. The van der Waals surface area contributed by atoms with Crippen LogP contribution in [0.4, 0.5) is 0 Å². The molecule has 9 heteroatoms. The number of likely N-dealkylation sites (tertiary alicyclic amines) is 1. The zero-order chi connectivity index (χ0) is 49.2. The lowest BCUT2D eigenvalue weighted by molar-refractivity contribution is -0.461. The van der Waals surface area contributed by atoms with E-state index in [-0.39, 0.29) is 18.1 Å². The van der Waals surface area contributed by atoms with Crippen molar-refractivity contribution < 1.29 is 38.7 Å². The largest absolute Gasteiger partial charge is 0.493 e. The fraction of sp³-hybridized carbons (Fsp3) is 0.750. The molecule has 1 saturated heterocycles. The number of ketones is 1. The lowest BCUT2D eigenvalue weighted by Crippen LogP contribution is -2.45. The second kappa shape index (κ2) is 35.6. The van der Waals surface area contributed by atoms with Crippen LogP contribution in [0.15, 0.2) is 42.5 Å². The van der Waals surface area contributed by atoms with Gasteiger partial charge in [-0.3, -0.25) is 19.5 Å². The third-order valence-electron chi connectivity index (χ3n) is 15.4. The summed E-state index contributed by atoms with van der Waals surface area (Å²) in [6.45, 7) is 7.28. The number of nitrogens with zero attached hydrogens (tertiary/aromatic N) is 1. The fourth-order valence-corrected chi connectivity index (χ4v) is 11.3. The van der Waals surface area contributed by atoms with Gasteiger partial charge in [0.25, 0.3) is 0 Å². The Kier molecular flexibility index (Phi) is 30.0. The Morgan fingerprint density at radius 3 is 1.57 bits per heavy atom. The highest BCUT2D eigenvalue weighted by Crippen LogP contribution is 2.52. The molecule has 0 amide bonds. The molecule has 2 aromatic carbocycles. The summed E-state index contributed by atoms with van der Waals surface area (Å²) in [5.41, 5.74) is 1.67. The maximum atomic E-state index is 15.1. The van der Waals surface area contributed by atoms with E-state index in [0.29, 0.717) is 42.7 Å². The highest BCUT2D eigenvalue weighted by molar-refractivity contribution is 6.07. The van der Waals surface area contributed by atoms with Crippen LogP contribution in [0.5, 0.6) is 11.5 Å². The van der Waals surface area contributed by atoms with Crippen molar-refractivity contribution in [1.29, 1.82) is 0 Å². The molecule has 2 unspecified atom stereocenters. The summed E-state index contributed by atoms with van der Waals surface area (Å²) in [6.07, 6.45) is 39.4. The summed E-state index contributed by atoms with van der Waals surface area (Å²) in [6, 6.07) is 14.3. The highest BCUT2D eigenvalue weighted by Gasteiger charge is 2.55. The SMILES string of the molecule is CCCCCCCCCCCCCCCCCC(=O)OOOC(=O)C(CCCCCCCCCCCCCCCC)C1(CC2CCN(Cc3ccccc3)CC2)Cc2cc(OC)c(OC)cc2C1=O. The van der Waals surface area contributed by atoms with Gasteiger partial charge in [0.05, 0.1) is 25.6 Å². The molecule has 2 atom stereocenters. The summed E-state index contributed by atoms with van der Waals surface area (Å²) in [5, 5.41) is 5.03. The number of hydrogen-bond acceptors (Lipinski definition) is 9. The van der Waals surface area contributed by atoms with Crippen molar-refractivity contribution in [3.8, 4) is 11.5 Å². The maximum Gasteiger partial charge on any atom is 0.350 e. The molecule has 1 aliphatic heterocycles. The van der Waals surface area contributed by atoms with Gasteiger partial charge in [-0.25, -0.2) is 9.59 Å². The van der Waals surface area contributed by atoms with E-state index in [4.69, 9.17) is 24.3 Å². The Labute approximate surface area is 420 Å². The molecule has 0 bridgehead atoms. The number of benzene rings is 2. The first-order valence-corrected chi connectivity index (χ1v) is 28.5. The number of unbranched alkanes of at least 4 members (excludes halogenated alkanes) is 27. The number of hydrogen-bond donors (Lipinski definition) is 0. The molecule has 1 heterocycles. The van der Waals surface area contributed by atoms with Crippen molar-refractivity contribution in [2.45, 2.75) is 245 Å². The minimum atomic E-state index is -1.05. The summed E-state index contributed by atoms with van der Waals surface area (Å²) in [4.78, 5) is 55.3. The standard InChI is InChI=1S/C60H97NO8/c1-5-7-9-11-13-15-17-19-21-23-25-27-29-31-36-40-57(62)67-69-68-59(64)54(39-35-30-28-26-24-22-20-18-16-14-12-10-8-6-2)60(48-52-45-55(65-3)56(66-4)46-53(52)58(60)63)47-50-41-43-61(44-42-50)49-51-37-33-32-34-38-51/h32-34,37-38,45-46,50,54H,5-31,35-36,39-44,47-49H2,1-4H3. The van der Waals surface area contributed by atoms with E-state index in [1.165, 1.54) is 153 Å². The minimum Gasteiger partial charge on any atom is -0.493 e. The van der Waals surface area contributed by atoms with Crippen molar-refractivity contribution in [3.63, 3.8) is 0 Å². The topological polar surface area (TPSA) is 101 Å². The molecule has 0 N–H and O–H groups in total. The molecule has 1 aliphatic carbocycles. The smallest absolute Gasteiger partial charge is 0.350 e. The van der Waals surface area contributed by atoms with E-state index < -0.39 is 23.3 Å². The molecular formula is C60H97NO8. The second-order valence-electron chi connectivity index (χ2n) is 21.0. The Morgan fingerprint density at radius 2 is 1.07 bits per heavy atom. The number of piperidine rings is 1. The quantitative estimate of drug-likeness (QED) is 0.0366. The van der Waals surface area contributed by atoms with Gasteiger partial charge in [-0.15, -0.1) is 0 Å². The van der Waals surface area contributed by atoms with Gasteiger partial charge >= 0.3 is 11.9 Å². The predicted octanol–water partition coefficient (Wildman–Crippen LogP) is 16.4. The molecule has 390 valence electrons. The monoisotopic (exact) mass is 960 g/mol. The number of carbonyl (C=O) groups excluding carboxylic acids is 3. The number of ether oxygens (including phenoxy) is 2. The van der Waals surface area contributed by atoms with Gasteiger partial charge in [0, 0.05) is 23.6 Å². The Bertz CT molecular complexity index is 1670. The third kappa shape index (κ3) is 21.8. The van der Waals surface area contributed by atoms with Crippen LogP contribution in [0.2, 0.25) is 0 Å². The first-order chi connectivity index (χ1) is 33.8. The van der Waals surface area contributed by atoms with Crippen LogP contribution in [-0.2, 0) is 37.4 Å². The second-order valence-corrected chi connectivity index (χ2v) is 21.0. The van der Waals surface area contributed by atoms with Crippen LogP contribution in [0.1, 0.15) is 254 Å². The lowest BCUT2D eigenvalue weighted by atomic mass is 9.64. The first kappa shape index (κ1) is 58.1. The third-order valence-corrected chi connectivity index (χ3v) is 15.4. The zero-order valence-electron chi connectivity index (χ0n) is 44.3. The average Bonchev–Trinajstić information content (AvgIpc) is 3.63. The molecular weight excluding hydrogens is 863 g/mol. The first-order valence-electron chi connectivity index (χ1n) is 28.5.